The number of methoxy groups -OCH3 is 2. The van der Waals surface area contributed by atoms with Gasteiger partial charge in [0.2, 0.25) is 0 Å². The summed E-state index contributed by atoms with van der Waals surface area (Å²) in [7, 11) is 5.42. The van der Waals surface area contributed by atoms with E-state index in [4.69, 9.17) is 14.5 Å². The fourth-order valence-electron chi connectivity index (χ4n) is 5.36. The van der Waals surface area contributed by atoms with Gasteiger partial charge in [0.05, 0.1) is 25.4 Å². The topological polar surface area (TPSA) is 42.8 Å². The van der Waals surface area contributed by atoms with Crippen molar-refractivity contribution in [3.63, 3.8) is 0 Å². The van der Waals surface area contributed by atoms with Crippen LogP contribution in [0.2, 0.25) is 0 Å². The maximum atomic E-state index is 5.51. The van der Waals surface area contributed by atoms with Crippen molar-refractivity contribution in [1.29, 1.82) is 0 Å². The van der Waals surface area contributed by atoms with Crippen LogP contribution in [0.25, 0.3) is 33.4 Å². The van der Waals surface area contributed by atoms with E-state index in [9.17, 15) is 0 Å². The molecule has 0 radical (unpaired) electrons. The molecule has 0 spiro atoms. The lowest BCUT2D eigenvalue weighted by Crippen LogP contribution is -2.47. The number of aromatic nitrogens is 2. The molecular weight excluding hydrogens is 448 g/mol. The molecule has 36 heavy (non-hydrogen) atoms. The van der Waals surface area contributed by atoms with Gasteiger partial charge in [-0.15, -0.1) is 0 Å². The Morgan fingerprint density at radius 3 is 2.25 bits per heavy atom. The molecule has 2 aromatic carbocycles. The van der Waals surface area contributed by atoms with Crippen LogP contribution in [0, 0.1) is 5.92 Å². The van der Waals surface area contributed by atoms with E-state index in [1.165, 1.54) is 38.2 Å². The highest BCUT2D eigenvalue weighted by atomic mass is 16.5. The number of hydrogen-bond donors (Lipinski definition) is 0. The van der Waals surface area contributed by atoms with Crippen LogP contribution in [0.1, 0.15) is 12.8 Å². The Kier molecular flexibility index (Phi) is 6.05. The minimum atomic E-state index is 0.725. The van der Waals surface area contributed by atoms with Crippen molar-refractivity contribution in [2.45, 2.75) is 12.8 Å². The Morgan fingerprint density at radius 2 is 1.56 bits per heavy atom. The molecule has 3 heterocycles. The molecule has 0 amide bonds. The summed E-state index contributed by atoms with van der Waals surface area (Å²) in [5.74, 6) is 2.43. The van der Waals surface area contributed by atoms with Crippen LogP contribution in [0.4, 0.5) is 5.69 Å². The summed E-state index contributed by atoms with van der Waals surface area (Å²) in [5.41, 5.74) is 6.78. The molecule has 1 saturated heterocycles. The first-order valence-electron chi connectivity index (χ1n) is 12.9. The minimum Gasteiger partial charge on any atom is -0.493 e. The molecule has 1 saturated carbocycles. The highest BCUT2D eigenvalue weighted by Crippen LogP contribution is 2.35. The van der Waals surface area contributed by atoms with Gasteiger partial charge < -0.3 is 18.9 Å². The Balaban J connectivity index is 1.22. The smallest absolute Gasteiger partial charge is 0.161 e. The van der Waals surface area contributed by atoms with Crippen molar-refractivity contribution in [3.05, 3.63) is 60.8 Å². The Morgan fingerprint density at radius 1 is 0.833 bits per heavy atom. The summed E-state index contributed by atoms with van der Waals surface area (Å²) in [6.45, 7) is 5.86. The third-order valence-corrected chi connectivity index (χ3v) is 7.72. The average Bonchev–Trinajstić information content (AvgIpc) is 3.69. The van der Waals surface area contributed by atoms with E-state index in [-0.39, 0.29) is 0 Å². The number of hydrogen-bond acceptors (Lipinski definition) is 5. The average molecular weight is 483 g/mol. The summed E-state index contributed by atoms with van der Waals surface area (Å²) < 4.78 is 13.1. The normalized spacial score (nSPS) is 16.5. The number of fused-ring (bicyclic) bond motifs is 1. The Hall–Kier alpha value is -3.51. The quantitative estimate of drug-likeness (QED) is 0.350. The third-order valence-electron chi connectivity index (χ3n) is 7.72. The summed E-state index contributed by atoms with van der Waals surface area (Å²) in [4.78, 5) is 9.94. The molecule has 6 rings (SSSR count). The van der Waals surface area contributed by atoms with Crippen molar-refractivity contribution in [2.75, 3.05) is 51.8 Å². The van der Waals surface area contributed by atoms with Gasteiger partial charge in [0.15, 0.2) is 11.5 Å². The molecule has 4 aromatic rings. The monoisotopic (exact) mass is 482 g/mol. The van der Waals surface area contributed by atoms with Crippen LogP contribution >= 0.6 is 0 Å². The second-order valence-electron chi connectivity index (χ2n) is 10.1. The maximum absolute atomic E-state index is 5.51. The number of rotatable bonds is 7. The molecule has 0 N–H and O–H groups in total. The van der Waals surface area contributed by atoms with E-state index < -0.39 is 0 Å². The number of nitrogens with zero attached hydrogens (tertiary/aromatic N) is 4. The molecule has 2 aromatic heterocycles. The van der Waals surface area contributed by atoms with Crippen LogP contribution in [-0.4, -0.2) is 61.4 Å². The van der Waals surface area contributed by atoms with Gasteiger partial charge in [-0.1, -0.05) is 12.1 Å². The zero-order chi connectivity index (χ0) is 24.6. The lowest BCUT2D eigenvalue weighted by molar-refractivity contribution is 0.248. The van der Waals surface area contributed by atoms with Crippen molar-refractivity contribution < 1.29 is 9.47 Å². The van der Waals surface area contributed by atoms with Crippen LogP contribution in [0.3, 0.4) is 0 Å². The van der Waals surface area contributed by atoms with Crippen LogP contribution in [0.15, 0.2) is 60.8 Å². The number of piperazine rings is 1. The molecule has 1 aliphatic heterocycles. The number of anilines is 1. The third kappa shape index (κ3) is 4.42. The molecule has 6 heteroatoms. The largest absolute Gasteiger partial charge is 0.493 e. The molecule has 0 unspecified atom stereocenters. The van der Waals surface area contributed by atoms with Gasteiger partial charge in [-0.25, -0.2) is 0 Å². The van der Waals surface area contributed by atoms with E-state index in [2.05, 4.69) is 63.9 Å². The fourth-order valence-corrected chi connectivity index (χ4v) is 5.36. The van der Waals surface area contributed by atoms with Crippen molar-refractivity contribution >= 4 is 16.6 Å². The minimum absolute atomic E-state index is 0.725. The van der Waals surface area contributed by atoms with E-state index >= 15 is 0 Å². The van der Waals surface area contributed by atoms with Gasteiger partial charge in [0.25, 0.3) is 0 Å². The zero-order valence-corrected chi connectivity index (χ0v) is 21.4. The van der Waals surface area contributed by atoms with Gasteiger partial charge >= 0.3 is 0 Å². The highest BCUT2D eigenvalue weighted by Gasteiger charge is 2.26. The number of pyridine rings is 1. The van der Waals surface area contributed by atoms with Crippen LogP contribution < -0.4 is 14.4 Å². The summed E-state index contributed by atoms with van der Waals surface area (Å²) >= 11 is 0. The van der Waals surface area contributed by atoms with Gasteiger partial charge in [0, 0.05) is 73.9 Å². The molecule has 0 atom stereocenters. The van der Waals surface area contributed by atoms with Crippen LogP contribution in [-0.2, 0) is 7.05 Å². The number of ether oxygens (including phenoxy) is 2. The van der Waals surface area contributed by atoms with E-state index in [1.807, 2.05) is 18.3 Å². The van der Waals surface area contributed by atoms with Gasteiger partial charge in [-0.3, -0.25) is 9.88 Å². The molecule has 0 bridgehead atoms. The first-order valence-corrected chi connectivity index (χ1v) is 12.9. The fraction of sp³-hybridized carbons (Fsp3) is 0.367. The van der Waals surface area contributed by atoms with Gasteiger partial charge in [-0.05, 0) is 61.2 Å². The summed E-state index contributed by atoms with van der Waals surface area (Å²) in [5, 5.41) is 1.12. The molecule has 6 nitrogen and oxygen atoms in total. The predicted molar refractivity (Wildman–Crippen MR) is 146 cm³/mol. The first kappa shape index (κ1) is 22.9. The Bertz CT molecular complexity index is 1370. The van der Waals surface area contributed by atoms with Crippen LogP contribution in [0.5, 0.6) is 11.5 Å². The lowest BCUT2D eigenvalue weighted by atomic mass is 10.1. The standard InChI is InChI=1S/C30H34N4O2/c1-32-27(23-8-11-29(35-2)30(17-23)36-3)16-24-19-31-26(18-28(24)32)22-6-9-25(10-7-22)34-14-12-33(13-15-34)20-21-4-5-21/h6-11,16-19,21H,4-5,12-15,20H2,1-3H3. The first-order chi connectivity index (χ1) is 17.6. The Labute approximate surface area is 213 Å². The predicted octanol–water partition coefficient (Wildman–Crippen LogP) is 5.46. The molecule has 186 valence electrons. The molecule has 2 fully saturated rings. The maximum Gasteiger partial charge on any atom is 0.161 e. The van der Waals surface area contributed by atoms with Gasteiger partial charge in [0.1, 0.15) is 0 Å². The molecule has 2 aliphatic rings. The highest BCUT2D eigenvalue weighted by molar-refractivity contribution is 5.89. The zero-order valence-electron chi connectivity index (χ0n) is 21.4. The summed E-state index contributed by atoms with van der Waals surface area (Å²) in [6, 6.07) is 19.3. The van der Waals surface area contributed by atoms with Crippen molar-refractivity contribution in [3.8, 4) is 34.0 Å². The van der Waals surface area contributed by atoms with Crippen molar-refractivity contribution in [2.24, 2.45) is 13.0 Å². The van der Waals surface area contributed by atoms with Gasteiger partial charge in [-0.2, -0.15) is 0 Å². The lowest BCUT2D eigenvalue weighted by Gasteiger charge is -2.36. The number of benzene rings is 2. The van der Waals surface area contributed by atoms with E-state index in [0.29, 0.717) is 0 Å². The summed E-state index contributed by atoms with van der Waals surface area (Å²) in [6.07, 6.45) is 4.84. The number of aryl methyl sites for hydroxylation is 1. The van der Waals surface area contributed by atoms with E-state index in [1.54, 1.807) is 14.2 Å². The molecule has 1 aliphatic carbocycles. The van der Waals surface area contributed by atoms with E-state index in [0.717, 1.165) is 63.9 Å². The molecular formula is C30H34N4O2. The second-order valence-corrected chi connectivity index (χ2v) is 10.1. The SMILES string of the molecule is COc1ccc(-c2cc3cnc(-c4ccc(N5CCN(CC6CC6)CC5)cc4)cc3n2C)cc1OC. The second kappa shape index (κ2) is 9.51. The van der Waals surface area contributed by atoms with Crippen molar-refractivity contribution in [1.82, 2.24) is 14.5 Å².